The van der Waals surface area contributed by atoms with E-state index in [0.717, 1.165) is 112 Å². The highest BCUT2D eigenvalue weighted by Gasteiger charge is 2.13. The average Bonchev–Trinajstić information content (AvgIpc) is 1.69. The maximum absolute atomic E-state index is 11.5. The van der Waals surface area contributed by atoms with Gasteiger partial charge in [0.25, 0.3) is 0 Å². The molecule has 20 heteroatoms. The van der Waals surface area contributed by atoms with E-state index in [0.29, 0.717) is 54.6 Å². The molecule has 0 saturated heterocycles. The third kappa shape index (κ3) is 17.3. The topological polar surface area (TPSA) is 227 Å². The van der Waals surface area contributed by atoms with Crippen molar-refractivity contribution >= 4 is 72.9 Å². The fourth-order valence-electron chi connectivity index (χ4n) is 12.2. The Balaban J connectivity index is 0.000000126. The van der Waals surface area contributed by atoms with Crippen LogP contribution in [0.5, 0.6) is 28.7 Å². The quantitative estimate of drug-likeness (QED) is 0.0333. The predicted molar refractivity (Wildman–Crippen MR) is 423 cm³/mol. The normalized spacial score (nSPS) is 10.7. The molecule has 0 radical (unpaired) electrons. The van der Waals surface area contributed by atoms with Crippen LogP contribution in [0.25, 0.3) is 66.9 Å². The van der Waals surface area contributed by atoms with Gasteiger partial charge in [0.2, 0.25) is 0 Å². The Morgan fingerprint density at radius 3 is 1.05 bits per heavy atom. The lowest BCUT2D eigenvalue weighted by Gasteiger charge is -2.12. The van der Waals surface area contributed by atoms with Gasteiger partial charge in [0.05, 0.1) is 90.8 Å². The van der Waals surface area contributed by atoms with Gasteiger partial charge in [0, 0.05) is 89.9 Å². The molecule has 12 aromatic carbocycles. The lowest BCUT2D eigenvalue weighted by Crippen LogP contribution is -2.03. The number of carbonyl (C=O) groups excluding carboxylic acids is 1. The molecule has 0 unspecified atom stereocenters. The number of aromatic nitrogens is 8. The lowest BCUT2D eigenvalue weighted by atomic mass is 10.1. The Bertz CT molecular complexity index is 5760. The number of nitrogens with one attached hydrogen (secondary N) is 4. The SMILES string of the molecule is COC(=O)c1ccc(NCc2cccc(-n3cnc4ccccc43)c2)cc1.COc1cc(NCc2cccc(-n3cnc4ccccc43)c2)ccc1C#N.COc1cc(NCc2cccc(-n3cnc4ccccc43)c2)ccc1O.COc1ccc(NCc2cccc(-n3cnc4ccccc43)c2)cc1OC. The summed E-state index contributed by atoms with van der Waals surface area (Å²) in [5, 5.41) is 32.3. The first-order valence-electron chi connectivity index (χ1n) is 34.4. The molecular weight excluding hydrogens is 1340 g/mol. The number of nitrogens with zero attached hydrogens (tertiary/aromatic N) is 9. The Morgan fingerprint density at radius 2 is 0.682 bits per heavy atom. The zero-order valence-corrected chi connectivity index (χ0v) is 59.5. The van der Waals surface area contributed by atoms with Gasteiger partial charge in [-0.25, -0.2) is 24.7 Å². The molecule has 4 heterocycles. The minimum atomic E-state index is -0.332. The molecule has 16 rings (SSSR count). The first kappa shape index (κ1) is 71.1. The van der Waals surface area contributed by atoms with E-state index in [9.17, 15) is 9.90 Å². The molecule has 0 amide bonds. The van der Waals surface area contributed by atoms with E-state index in [2.05, 4.69) is 169 Å². The monoisotopic (exact) mass is 1420 g/mol. The molecule has 0 bridgehead atoms. The smallest absolute Gasteiger partial charge is 0.337 e. The number of hydrogen-bond donors (Lipinski definition) is 5. The number of carbonyl (C=O) groups is 1. The van der Waals surface area contributed by atoms with E-state index in [1.54, 1.807) is 51.7 Å². The molecule has 5 N–H and O–H groups in total. The summed E-state index contributed by atoms with van der Waals surface area (Å²) in [7, 11) is 7.76. The summed E-state index contributed by atoms with van der Waals surface area (Å²) in [6.07, 6.45) is 7.42. The number of phenols is 1. The van der Waals surface area contributed by atoms with Crippen LogP contribution in [0.15, 0.2) is 298 Å². The van der Waals surface area contributed by atoms with E-state index >= 15 is 0 Å². The van der Waals surface area contributed by atoms with Gasteiger partial charge < -0.3 is 50.1 Å². The van der Waals surface area contributed by atoms with Gasteiger partial charge in [0.15, 0.2) is 23.0 Å². The molecule has 0 saturated carbocycles. The number of phenolic OH excluding ortho intramolecular Hbond substituents is 1. The van der Waals surface area contributed by atoms with Gasteiger partial charge in [-0.1, -0.05) is 97.1 Å². The Labute approximate surface area is 618 Å². The maximum atomic E-state index is 11.5. The van der Waals surface area contributed by atoms with Crippen LogP contribution in [-0.4, -0.2) is 84.8 Å². The van der Waals surface area contributed by atoms with Crippen LogP contribution >= 0.6 is 0 Å². The summed E-state index contributed by atoms with van der Waals surface area (Å²) >= 11 is 0. The molecule has 4 aromatic heterocycles. The Kier molecular flexibility index (Phi) is 22.7. The Morgan fingerprint density at radius 1 is 0.355 bits per heavy atom. The number of nitriles is 1. The van der Waals surface area contributed by atoms with E-state index < -0.39 is 0 Å². The molecule has 532 valence electrons. The van der Waals surface area contributed by atoms with Crippen molar-refractivity contribution in [1.82, 2.24) is 38.2 Å². The number of fused-ring (bicyclic) bond motifs is 4. The number of imidazole rings is 4. The third-order valence-electron chi connectivity index (χ3n) is 17.7. The molecule has 0 aliphatic rings. The van der Waals surface area contributed by atoms with Gasteiger partial charge in [-0.15, -0.1) is 0 Å². The van der Waals surface area contributed by atoms with Crippen LogP contribution in [0.2, 0.25) is 0 Å². The second-order valence-electron chi connectivity index (χ2n) is 24.6. The highest BCUT2D eigenvalue weighted by molar-refractivity contribution is 5.89. The molecule has 107 heavy (non-hydrogen) atoms. The molecule has 0 aliphatic heterocycles. The number of rotatable bonds is 21. The van der Waals surface area contributed by atoms with Crippen LogP contribution in [-0.2, 0) is 30.9 Å². The summed E-state index contributed by atoms with van der Waals surface area (Å²) in [4.78, 5) is 29.3. The number of aromatic hydroxyl groups is 1. The second-order valence-corrected chi connectivity index (χ2v) is 24.6. The zero-order chi connectivity index (χ0) is 73.9. The molecule has 0 atom stereocenters. The van der Waals surface area contributed by atoms with E-state index in [1.807, 2.05) is 165 Å². The molecule has 0 spiro atoms. The maximum Gasteiger partial charge on any atom is 0.337 e. The van der Waals surface area contributed by atoms with Crippen molar-refractivity contribution in [2.24, 2.45) is 0 Å². The zero-order valence-electron chi connectivity index (χ0n) is 59.5. The van der Waals surface area contributed by atoms with Crippen molar-refractivity contribution in [3.63, 3.8) is 0 Å². The molecule has 0 aliphatic carbocycles. The minimum absolute atomic E-state index is 0.132. The van der Waals surface area contributed by atoms with Crippen molar-refractivity contribution in [1.29, 1.82) is 5.26 Å². The Hall–Kier alpha value is -14.3. The van der Waals surface area contributed by atoms with Gasteiger partial charge in [-0.2, -0.15) is 5.26 Å². The fraction of sp³-hybridized carbons (Fsp3) is 0.103. The number of anilines is 4. The van der Waals surface area contributed by atoms with E-state index in [-0.39, 0.29) is 11.7 Å². The molecule has 16 aromatic rings. The van der Waals surface area contributed by atoms with Crippen LogP contribution in [0.4, 0.5) is 22.7 Å². The number of methoxy groups -OCH3 is 5. The van der Waals surface area contributed by atoms with Gasteiger partial charge in [-0.05, 0) is 180 Å². The minimum Gasteiger partial charge on any atom is -0.504 e. The van der Waals surface area contributed by atoms with Gasteiger partial charge >= 0.3 is 5.97 Å². The molecular formula is C87H77N13O7. The summed E-state index contributed by atoms with van der Waals surface area (Å²) in [5.74, 6) is 2.25. The first-order chi connectivity index (χ1) is 52.5. The lowest BCUT2D eigenvalue weighted by molar-refractivity contribution is 0.0600. The van der Waals surface area contributed by atoms with Crippen LogP contribution in [0, 0.1) is 11.3 Å². The highest BCUT2D eigenvalue weighted by atomic mass is 16.5. The summed E-state index contributed by atoms with van der Waals surface area (Å²) < 4.78 is 34.1. The van der Waals surface area contributed by atoms with Crippen molar-refractivity contribution in [2.45, 2.75) is 26.2 Å². The van der Waals surface area contributed by atoms with Crippen molar-refractivity contribution < 1.29 is 33.6 Å². The number of benzene rings is 12. The van der Waals surface area contributed by atoms with Crippen molar-refractivity contribution in [2.75, 3.05) is 56.8 Å². The first-order valence-corrected chi connectivity index (χ1v) is 34.4. The van der Waals surface area contributed by atoms with E-state index in [4.69, 9.17) is 28.9 Å². The number of esters is 1. The highest BCUT2D eigenvalue weighted by Crippen LogP contribution is 2.32. The van der Waals surface area contributed by atoms with Gasteiger partial charge in [0.1, 0.15) is 37.1 Å². The van der Waals surface area contributed by atoms with Crippen LogP contribution < -0.4 is 40.2 Å². The number of ether oxygens (including phenoxy) is 5. The summed E-state index contributed by atoms with van der Waals surface area (Å²) in [6.45, 7) is 2.71. The third-order valence-corrected chi connectivity index (χ3v) is 17.7. The molecule has 0 fully saturated rings. The number of para-hydroxylation sites is 8. The largest absolute Gasteiger partial charge is 0.504 e. The fourth-order valence-corrected chi connectivity index (χ4v) is 12.2. The van der Waals surface area contributed by atoms with Crippen molar-refractivity contribution in [3.05, 3.63) is 332 Å². The van der Waals surface area contributed by atoms with Crippen LogP contribution in [0.3, 0.4) is 0 Å². The average molecular weight is 1420 g/mol. The summed E-state index contributed by atoms with van der Waals surface area (Å²) in [5.41, 5.74) is 22.0. The second kappa shape index (κ2) is 34.1. The number of hydrogen-bond acceptors (Lipinski definition) is 16. The van der Waals surface area contributed by atoms with Gasteiger partial charge in [-0.3, -0.25) is 18.3 Å². The molecule has 20 nitrogen and oxygen atoms in total. The van der Waals surface area contributed by atoms with Crippen LogP contribution in [0.1, 0.15) is 38.2 Å². The van der Waals surface area contributed by atoms with Crippen molar-refractivity contribution in [3.8, 4) is 57.6 Å². The summed E-state index contributed by atoms with van der Waals surface area (Å²) in [6, 6.07) is 91.7. The predicted octanol–water partition coefficient (Wildman–Crippen LogP) is 17.9. The van der Waals surface area contributed by atoms with E-state index in [1.165, 1.54) is 19.8 Å². The standard InChI is InChI=1S/C22H18N4O.C22H21N3O2.C22H19N3O2.C21H19N3O2/c1-27-22-12-18(10-9-17(22)13-23)24-14-16-5-4-6-19(11-16)26-15-25-20-7-2-3-8-21(20)26;1-26-21-11-10-17(13-22(21)27-2)23-14-16-6-5-7-18(12-16)25-15-24-19-8-3-4-9-20(19)25;1-27-22(26)17-9-11-18(12-10-17)23-14-16-5-4-6-19(13-16)25-15-24-20-7-2-3-8-21(20)25;1-26-21-12-16(9-10-20(21)25)22-13-15-5-4-6-17(11-15)24-14-23-18-7-2-3-8-19(18)24/h2-12,15,24H,14H2,1H3;3-13,15,23H,14H2,1-2H3;2-13,15,23H,14H2,1H3;2-12,14,22,25H,13H2,1H3.